The van der Waals surface area contributed by atoms with Gasteiger partial charge in [-0.15, -0.1) is 0 Å². The largest absolute Gasteiger partial charge is 0.493 e. The highest BCUT2D eigenvalue weighted by atomic mass is 32.2. The molecule has 1 fully saturated rings. The Balaban J connectivity index is 0.000000821. The molecule has 1 aliphatic carbocycles. The first-order valence-corrected chi connectivity index (χ1v) is 14.1. The van der Waals surface area contributed by atoms with E-state index in [0.717, 1.165) is 12.8 Å². The Hall–Kier alpha value is -4.38. The van der Waals surface area contributed by atoms with Crippen molar-refractivity contribution in [3.8, 4) is 11.5 Å². The Bertz CT molecular complexity index is 1480. The number of guanidine groups is 1. The van der Waals surface area contributed by atoms with Gasteiger partial charge in [-0.05, 0) is 54.7 Å². The molecule has 17 heteroatoms. The van der Waals surface area contributed by atoms with Crippen LogP contribution in [0.5, 0.6) is 11.5 Å². The zero-order chi connectivity index (χ0) is 32.5. The number of nitrogens with two attached hydrogens (primary N) is 2. The van der Waals surface area contributed by atoms with Crippen molar-refractivity contribution in [2.45, 2.75) is 49.7 Å². The van der Waals surface area contributed by atoms with Crippen LogP contribution in [0.25, 0.3) is 0 Å². The van der Waals surface area contributed by atoms with Gasteiger partial charge in [0.1, 0.15) is 6.04 Å². The number of aryl methyl sites for hydroxylation is 1. The average Bonchev–Trinajstić information content (AvgIpc) is 3.72. The predicted molar refractivity (Wildman–Crippen MR) is 149 cm³/mol. The molecule has 3 rings (SSSR count). The van der Waals surface area contributed by atoms with Gasteiger partial charge < -0.3 is 25.6 Å². The number of aliphatic carboxylic acids is 1. The van der Waals surface area contributed by atoms with E-state index < -0.39 is 40.0 Å². The van der Waals surface area contributed by atoms with Crippen LogP contribution in [0.3, 0.4) is 0 Å². The van der Waals surface area contributed by atoms with Crippen molar-refractivity contribution in [3.63, 3.8) is 0 Å². The second kappa shape index (κ2) is 14.7. The first-order chi connectivity index (χ1) is 19.9. The Morgan fingerprint density at radius 3 is 2.21 bits per heavy atom. The SMILES string of the molecule is COc1ccc(CC(=O)NC(N)=N[C@H](CC2CC2)C(=O)Nc2cc(S(N)(=O)=O)ccc2C)cc1OC.O=C(O)C(F)(F)F. The second-order valence-electron chi connectivity index (χ2n) is 9.44. The number of ether oxygens (including phenoxy) is 2. The molecule has 2 amide bonds. The molecule has 0 aliphatic heterocycles. The number of hydrogen-bond acceptors (Lipinski definition) is 8. The van der Waals surface area contributed by atoms with Gasteiger partial charge in [-0.2, -0.15) is 13.2 Å². The van der Waals surface area contributed by atoms with Gasteiger partial charge in [-0.25, -0.2) is 23.3 Å². The number of sulfonamides is 1. The van der Waals surface area contributed by atoms with E-state index in [1.807, 2.05) is 0 Å². The summed E-state index contributed by atoms with van der Waals surface area (Å²) >= 11 is 0. The zero-order valence-corrected chi connectivity index (χ0v) is 24.2. The van der Waals surface area contributed by atoms with Crippen molar-refractivity contribution in [1.82, 2.24) is 5.32 Å². The van der Waals surface area contributed by atoms with Crippen LogP contribution >= 0.6 is 0 Å². The Kier molecular flexibility index (Phi) is 11.9. The third-order valence-electron chi connectivity index (χ3n) is 5.97. The van der Waals surface area contributed by atoms with Crippen LogP contribution in [0.15, 0.2) is 46.3 Å². The van der Waals surface area contributed by atoms with E-state index in [4.69, 9.17) is 30.2 Å². The van der Waals surface area contributed by atoms with Crippen molar-refractivity contribution < 1.29 is 50.6 Å². The van der Waals surface area contributed by atoms with Gasteiger partial charge in [0.15, 0.2) is 17.5 Å². The first kappa shape index (κ1) is 34.8. The summed E-state index contributed by atoms with van der Waals surface area (Å²) in [7, 11) is -0.910. The fourth-order valence-corrected chi connectivity index (χ4v) is 4.12. The molecule has 0 heterocycles. The number of halogens is 3. The number of carboxylic acid groups (broad SMARTS) is 1. The van der Waals surface area contributed by atoms with Crippen LogP contribution < -0.4 is 31.0 Å². The van der Waals surface area contributed by atoms with Crippen molar-refractivity contribution >= 4 is 39.5 Å². The molecule has 1 atom stereocenters. The molecule has 0 bridgehead atoms. The monoisotopic (exact) mass is 631 g/mol. The lowest BCUT2D eigenvalue weighted by molar-refractivity contribution is -0.192. The topological polar surface area (TPSA) is 212 Å². The lowest BCUT2D eigenvalue weighted by Gasteiger charge is -2.16. The van der Waals surface area contributed by atoms with Crippen LogP contribution in [0.2, 0.25) is 0 Å². The number of hydrogen-bond donors (Lipinski definition) is 5. The Morgan fingerprint density at radius 2 is 1.70 bits per heavy atom. The molecule has 0 radical (unpaired) electrons. The highest BCUT2D eigenvalue weighted by Gasteiger charge is 2.38. The molecule has 1 saturated carbocycles. The highest BCUT2D eigenvalue weighted by Crippen LogP contribution is 2.34. The minimum absolute atomic E-state index is 0.00954. The number of anilines is 1. The average molecular weight is 632 g/mol. The fourth-order valence-electron chi connectivity index (χ4n) is 3.58. The minimum Gasteiger partial charge on any atom is -0.493 e. The molecule has 1 aliphatic rings. The molecule has 0 saturated heterocycles. The van der Waals surface area contributed by atoms with Gasteiger partial charge in [0.2, 0.25) is 21.8 Å². The Morgan fingerprint density at radius 1 is 1.09 bits per heavy atom. The van der Waals surface area contributed by atoms with Gasteiger partial charge in [-0.3, -0.25) is 14.9 Å². The van der Waals surface area contributed by atoms with E-state index in [1.54, 1.807) is 31.2 Å². The van der Waals surface area contributed by atoms with Gasteiger partial charge in [-0.1, -0.05) is 25.0 Å². The second-order valence-corrected chi connectivity index (χ2v) is 11.0. The molecule has 13 nitrogen and oxygen atoms in total. The number of nitrogens with one attached hydrogen (secondary N) is 2. The number of carbonyl (C=O) groups is 3. The van der Waals surface area contributed by atoms with Crippen LogP contribution in [0.4, 0.5) is 18.9 Å². The normalized spacial score (nSPS) is 14.1. The molecule has 236 valence electrons. The quantitative estimate of drug-likeness (QED) is 0.192. The summed E-state index contributed by atoms with van der Waals surface area (Å²) in [6.07, 6.45) is -2.67. The van der Waals surface area contributed by atoms with Crippen molar-refractivity contribution in [2.24, 2.45) is 21.8 Å². The van der Waals surface area contributed by atoms with E-state index in [9.17, 15) is 31.2 Å². The third-order valence-corrected chi connectivity index (χ3v) is 6.88. The lowest BCUT2D eigenvalue weighted by atomic mass is 10.1. The molecule has 2 aromatic rings. The summed E-state index contributed by atoms with van der Waals surface area (Å²) in [6, 6.07) is 8.47. The molecule has 0 aromatic heterocycles. The third kappa shape index (κ3) is 11.4. The molecule has 43 heavy (non-hydrogen) atoms. The standard InChI is InChI=1S/C24H31N5O6S.C2HF3O2/c1-14-4-8-17(36(26,32)33)13-18(14)27-23(31)19(10-15-5-6-15)28-24(25)29-22(30)12-16-7-9-20(34-2)21(11-16)35-3;3-2(4,5)1(6)7/h4,7-9,11,13,15,19H,5-6,10,12H2,1-3H3,(H,27,31)(H2,26,32,33)(H3,25,28,29,30);(H,6,7)/t19-;/m1./s1. The predicted octanol–water partition coefficient (Wildman–Crippen LogP) is 2.07. The number of aliphatic imine (C=N–C) groups is 1. The molecule has 0 unspecified atom stereocenters. The summed E-state index contributed by atoms with van der Waals surface area (Å²) < 4.78 is 65.6. The van der Waals surface area contributed by atoms with E-state index in [-0.39, 0.29) is 17.3 Å². The van der Waals surface area contributed by atoms with E-state index in [1.165, 1.54) is 26.4 Å². The molecule has 7 N–H and O–H groups in total. The summed E-state index contributed by atoms with van der Waals surface area (Å²) in [5.41, 5.74) is 7.60. The smallest absolute Gasteiger partial charge is 0.490 e. The molecular weight excluding hydrogens is 599 g/mol. The van der Waals surface area contributed by atoms with Crippen molar-refractivity contribution in [2.75, 3.05) is 19.5 Å². The highest BCUT2D eigenvalue weighted by molar-refractivity contribution is 7.89. The van der Waals surface area contributed by atoms with Gasteiger partial charge in [0.25, 0.3) is 0 Å². The summed E-state index contributed by atoms with van der Waals surface area (Å²) in [5, 5.41) is 17.6. The zero-order valence-electron chi connectivity index (χ0n) is 23.4. The molecule has 0 spiro atoms. The van der Waals surface area contributed by atoms with Crippen molar-refractivity contribution in [1.29, 1.82) is 0 Å². The van der Waals surface area contributed by atoms with Gasteiger partial charge >= 0.3 is 12.1 Å². The number of alkyl halides is 3. The van der Waals surface area contributed by atoms with Crippen molar-refractivity contribution in [3.05, 3.63) is 47.5 Å². The number of primary sulfonamides is 1. The van der Waals surface area contributed by atoms with E-state index in [0.29, 0.717) is 40.7 Å². The van der Waals surface area contributed by atoms with Crippen LogP contribution in [-0.4, -0.2) is 63.7 Å². The maximum atomic E-state index is 13.0. The maximum absolute atomic E-state index is 13.0. The number of carboxylic acids is 1. The minimum atomic E-state index is -5.08. The van der Waals surface area contributed by atoms with Crippen LogP contribution in [0, 0.1) is 12.8 Å². The maximum Gasteiger partial charge on any atom is 0.490 e. The molecular formula is C26H32F3N5O8S. The number of nitrogens with zero attached hydrogens (tertiary/aromatic N) is 1. The number of carbonyl (C=O) groups excluding carboxylic acids is 2. The number of rotatable bonds is 10. The van der Waals surface area contributed by atoms with Crippen LogP contribution in [-0.2, 0) is 30.8 Å². The first-order valence-electron chi connectivity index (χ1n) is 12.5. The number of amides is 2. The number of methoxy groups -OCH3 is 2. The summed E-state index contributed by atoms with van der Waals surface area (Å²) in [6.45, 7) is 1.73. The fraction of sp³-hybridized carbons (Fsp3) is 0.385. The van der Waals surface area contributed by atoms with E-state index in [2.05, 4.69) is 15.6 Å². The van der Waals surface area contributed by atoms with Gasteiger partial charge in [0, 0.05) is 5.69 Å². The van der Waals surface area contributed by atoms with Crippen LogP contribution in [0.1, 0.15) is 30.4 Å². The lowest BCUT2D eigenvalue weighted by Crippen LogP contribution is -2.40. The summed E-state index contributed by atoms with van der Waals surface area (Å²) in [5.74, 6) is -2.45. The Labute approximate surface area is 245 Å². The summed E-state index contributed by atoms with van der Waals surface area (Å²) in [4.78, 5) is 38.6. The van der Waals surface area contributed by atoms with E-state index >= 15 is 0 Å². The number of benzene rings is 2. The van der Waals surface area contributed by atoms with Gasteiger partial charge in [0.05, 0.1) is 25.5 Å². The molecule has 2 aromatic carbocycles.